The lowest BCUT2D eigenvalue weighted by atomic mass is 10.1. The number of nitrogens with zero attached hydrogens (tertiary/aromatic N) is 2. The van der Waals surface area contributed by atoms with Crippen LogP contribution in [0.15, 0.2) is 82.2 Å². The van der Waals surface area contributed by atoms with E-state index in [9.17, 15) is 8.42 Å². The molecule has 0 radical (unpaired) electrons. The predicted octanol–water partition coefficient (Wildman–Crippen LogP) is 4.20. The molecule has 1 aromatic heterocycles. The molecule has 0 aliphatic heterocycles. The van der Waals surface area contributed by atoms with E-state index in [2.05, 4.69) is 14.9 Å². The average Bonchev–Trinajstić information content (AvgIpc) is 3.29. The van der Waals surface area contributed by atoms with Crippen LogP contribution in [0, 0.1) is 6.92 Å². The van der Waals surface area contributed by atoms with Crippen LogP contribution in [0.4, 0.5) is 0 Å². The zero-order valence-electron chi connectivity index (χ0n) is 17.1. The molecule has 0 atom stereocenters. The summed E-state index contributed by atoms with van der Waals surface area (Å²) < 4.78 is 38.0. The van der Waals surface area contributed by atoms with E-state index in [0.717, 1.165) is 28.0 Å². The van der Waals surface area contributed by atoms with Gasteiger partial charge in [0.25, 0.3) is 5.89 Å². The SMILES string of the molecule is COc1ccc(-c2noc(-c3ccc(CNS(=O)(=O)c4ccc(C)cc4)cc3)n2)cc1. The third-order valence-electron chi connectivity index (χ3n) is 4.77. The summed E-state index contributed by atoms with van der Waals surface area (Å²) in [6, 6.07) is 21.4. The molecular formula is C23H21N3O4S. The van der Waals surface area contributed by atoms with Gasteiger partial charge >= 0.3 is 0 Å². The molecule has 4 rings (SSSR count). The minimum Gasteiger partial charge on any atom is -0.497 e. The molecule has 1 heterocycles. The van der Waals surface area contributed by atoms with Crippen molar-refractivity contribution in [1.82, 2.24) is 14.9 Å². The standard InChI is InChI=1S/C23H21N3O4S/c1-16-3-13-21(14-4-16)31(27,28)24-15-17-5-7-19(8-6-17)23-25-22(26-30-23)18-9-11-20(29-2)12-10-18/h3-14,24H,15H2,1-2H3. The van der Waals surface area contributed by atoms with Gasteiger partial charge in [-0.15, -0.1) is 0 Å². The molecule has 0 spiro atoms. The van der Waals surface area contributed by atoms with E-state index in [-0.39, 0.29) is 11.4 Å². The average molecular weight is 436 g/mol. The largest absolute Gasteiger partial charge is 0.497 e. The van der Waals surface area contributed by atoms with Crippen molar-refractivity contribution in [3.63, 3.8) is 0 Å². The van der Waals surface area contributed by atoms with Crippen molar-refractivity contribution in [2.75, 3.05) is 7.11 Å². The van der Waals surface area contributed by atoms with E-state index >= 15 is 0 Å². The Hall–Kier alpha value is -3.49. The van der Waals surface area contributed by atoms with Crippen molar-refractivity contribution in [2.45, 2.75) is 18.4 Å². The summed E-state index contributed by atoms with van der Waals surface area (Å²) in [5, 5.41) is 4.03. The summed E-state index contributed by atoms with van der Waals surface area (Å²) >= 11 is 0. The predicted molar refractivity (Wildman–Crippen MR) is 117 cm³/mol. The van der Waals surface area contributed by atoms with Crippen molar-refractivity contribution >= 4 is 10.0 Å². The molecule has 0 aliphatic carbocycles. The first-order valence-corrected chi connectivity index (χ1v) is 11.1. The molecule has 0 fully saturated rings. The van der Waals surface area contributed by atoms with Gasteiger partial charge in [-0.3, -0.25) is 0 Å². The first kappa shape index (κ1) is 20.8. The van der Waals surface area contributed by atoms with Crippen molar-refractivity contribution in [1.29, 1.82) is 0 Å². The van der Waals surface area contributed by atoms with Crippen LogP contribution in [0.25, 0.3) is 22.8 Å². The number of ether oxygens (including phenoxy) is 1. The second kappa shape index (κ2) is 8.71. The topological polar surface area (TPSA) is 94.3 Å². The van der Waals surface area contributed by atoms with Crippen molar-refractivity contribution in [3.05, 3.63) is 83.9 Å². The van der Waals surface area contributed by atoms with E-state index in [1.807, 2.05) is 55.5 Å². The first-order chi connectivity index (χ1) is 14.9. The van der Waals surface area contributed by atoms with Gasteiger partial charge in [-0.1, -0.05) is 35.0 Å². The highest BCUT2D eigenvalue weighted by molar-refractivity contribution is 7.89. The Kier molecular flexibility index (Phi) is 5.83. The molecule has 3 aromatic carbocycles. The molecule has 158 valence electrons. The van der Waals surface area contributed by atoms with Gasteiger partial charge in [-0.25, -0.2) is 13.1 Å². The van der Waals surface area contributed by atoms with Crippen LogP contribution in [-0.2, 0) is 16.6 Å². The van der Waals surface area contributed by atoms with Gasteiger partial charge in [0.1, 0.15) is 5.75 Å². The maximum Gasteiger partial charge on any atom is 0.258 e. The molecule has 31 heavy (non-hydrogen) atoms. The van der Waals surface area contributed by atoms with E-state index in [0.29, 0.717) is 11.7 Å². The van der Waals surface area contributed by atoms with Crippen LogP contribution in [0.2, 0.25) is 0 Å². The molecule has 0 saturated heterocycles. The highest BCUT2D eigenvalue weighted by Gasteiger charge is 2.14. The fourth-order valence-corrected chi connectivity index (χ4v) is 3.96. The summed E-state index contributed by atoms with van der Waals surface area (Å²) in [4.78, 5) is 4.68. The highest BCUT2D eigenvalue weighted by atomic mass is 32.2. The van der Waals surface area contributed by atoms with Crippen LogP contribution >= 0.6 is 0 Å². The molecule has 1 N–H and O–H groups in total. The Morgan fingerprint density at radius 2 is 1.55 bits per heavy atom. The number of aromatic nitrogens is 2. The highest BCUT2D eigenvalue weighted by Crippen LogP contribution is 2.24. The lowest BCUT2D eigenvalue weighted by Gasteiger charge is -2.07. The van der Waals surface area contributed by atoms with Crippen molar-refractivity contribution < 1.29 is 17.7 Å². The quantitative estimate of drug-likeness (QED) is 0.468. The van der Waals surface area contributed by atoms with Gasteiger partial charge in [0.05, 0.1) is 12.0 Å². The van der Waals surface area contributed by atoms with Crippen molar-refractivity contribution in [3.8, 4) is 28.6 Å². The second-order valence-corrected chi connectivity index (χ2v) is 8.75. The number of aryl methyl sites for hydroxylation is 1. The molecule has 0 aliphatic rings. The van der Waals surface area contributed by atoms with E-state index in [4.69, 9.17) is 9.26 Å². The van der Waals surface area contributed by atoms with Crippen LogP contribution < -0.4 is 9.46 Å². The Balaban J connectivity index is 1.43. The van der Waals surface area contributed by atoms with E-state index in [1.54, 1.807) is 31.4 Å². The number of rotatable bonds is 7. The smallest absolute Gasteiger partial charge is 0.258 e. The van der Waals surface area contributed by atoms with E-state index in [1.165, 1.54) is 0 Å². The van der Waals surface area contributed by atoms with Crippen molar-refractivity contribution in [2.24, 2.45) is 0 Å². The van der Waals surface area contributed by atoms with E-state index < -0.39 is 10.0 Å². The minimum atomic E-state index is -3.57. The minimum absolute atomic E-state index is 0.178. The fourth-order valence-electron chi connectivity index (χ4n) is 2.94. The third-order valence-corrected chi connectivity index (χ3v) is 6.19. The number of hydrogen-bond donors (Lipinski definition) is 1. The number of hydrogen-bond acceptors (Lipinski definition) is 6. The number of benzene rings is 3. The number of nitrogens with one attached hydrogen (secondary N) is 1. The third kappa shape index (κ3) is 4.82. The first-order valence-electron chi connectivity index (χ1n) is 9.58. The second-order valence-electron chi connectivity index (χ2n) is 6.99. The molecule has 0 bridgehead atoms. The summed E-state index contributed by atoms with van der Waals surface area (Å²) in [6.45, 7) is 2.09. The Labute approximate surface area is 180 Å². The van der Waals surface area contributed by atoms with Gasteiger partial charge in [-0.05, 0) is 61.0 Å². The van der Waals surface area contributed by atoms with Gasteiger partial charge in [0.2, 0.25) is 15.8 Å². The summed E-state index contributed by atoms with van der Waals surface area (Å²) in [6.07, 6.45) is 0. The normalized spacial score (nSPS) is 11.4. The van der Waals surface area contributed by atoms with Gasteiger partial charge in [0.15, 0.2) is 0 Å². The fraction of sp³-hybridized carbons (Fsp3) is 0.130. The summed E-state index contributed by atoms with van der Waals surface area (Å²) in [7, 11) is -1.96. The number of sulfonamides is 1. The Morgan fingerprint density at radius 3 is 2.19 bits per heavy atom. The molecule has 0 saturated carbocycles. The molecule has 0 unspecified atom stereocenters. The van der Waals surface area contributed by atoms with Crippen LogP contribution in [-0.4, -0.2) is 25.7 Å². The monoisotopic (exact) mass is 435 g/mol. The molecular weight excluding hydrogens is 414 g/mol. The molecule has 7 nitrogen and oxygen atoms in total. The van der Waals surface area contributed by atoms with Gasteiger partial charge in [-0.2, -0.15) is 4.98 Å². The Bertz CT molecular complexity index is 1260. The molecule has 8 heteroatoms. The number of methoxy groups -OCH3 is 1. The zero-order chi connectivity index (χ0) is 21.8. The maximum atomic E-state index is 12.4. The van der Waals surface area contributed by atoms with Crippen LogP contribution in [0.1, 0.15) is 11.1 Å². The van der Waals surface area contributed by atoms with Gasteiger partial charge < -0.3 is 9.26 Å². The molecule has 4 aromatic rings. The lowest BCUT2D eigenvalue weighted by molar-refractivity contribution is 0.415. The Morgan fingerprint density at radius 1 is 0.903 bits per heavy atom. The zero-order valence-corrected chi connectivity index (χ0v) is 17.9. The van der Waals surface area contributed by atoms with Crippen LogP contribution in [0.3, 0.4) is 0 Å². The maximum absolute atomic E-state index is 12.4. The lowest BCUT2D eigenvalue weighted by Crippen LogP contribution is -2.23. The summed E-state index contributed by atoms with van der Waals surface area (Å²) in [5.74, 6) is 1.62. The van der Waals surface area contributed by atoms with Crippen LogP contribution in [0.5, 0.6) is 5.75 Å². The van der Waals surface area contributed by atoms with Gasteiger partial charge in [0, 0.05) is 17.7 Å². The summed E-state index contributed by atoms with van der Waals surface area (Å²) in [5.41, 5.74) is 3.38. The molecule has 0 amide bonds.